The summed E-state index contributed by atoms with van der Waals surface area (Å²) in [5.41, 5.74) is 3.42. The van der Waals surface area contributed by atoms with Crippen LogP contribution in [0.4, 0.5) is 0 Å². The van der Waals surface area contributed by atoms with E-state index in [0.29, 0.717) is 18.6 Å². The molecule has 0 heterocycles. The van der Waals surface area contributed by atoms with Gasteiger partial charge in [-0.15, -0.1) is 0 Å². The van der Waals surface area contributed by atoms with Crippen molar-refractivity contribution >= 4 is 22.6 Å². The molecule has 3 nitrogen and oxygen atoms in total. The molecule has 19 heavy (non-hydrogen) atoms. The highest BCUT2D eigenvalue weighted by molar-refractivity contribution is 14.1. The third-order valence-corrected chi connectivity index (χ3v) is 4.69. The van der Waals surface area contributed by atoms with Crippen LogP contribution in [0.25, 0.3) is 0 Å². The van der Waals surface area contributed by atoms with Crippen LogP contribution in [-0.2, 0) is 3.61 Å². The van der Waals surface area contributed by atoms with Crippen LogP contribution in [0, 0.1) is 6.92 Å². The largest absolute Gasteiger partial charge is 0.512 e. The normalized spacial score (nSPS) is 19.1. The van der Waals surface area contributed by atoms with Crippen LogP contribution in [0.1, 0.15) is 30.9 Å². The summed E-state index contributed by atoms with van der Waals surface area (Å²) in [6, 6.07) is 4.97. The molecule has 0 radical (unpaired) electrons. The molecule has 0 bridgehead atoms. The van der Waals surface area contributed by atoms with E-state index in [-0.39, 0.29) is 5.75 Å². The average Bonchev–Trinajstić information content (AvgIpc) is 2.27. The number of aliphatic hydroxyl groups is 2. The third-order valence-electron chi connectivity index (χ3n) is 3.46. The first kappa shape index (κ1) is 14.4. The van der Waals surface area contributed by atoms with Crippen LogP contribution < -0.4 is 0 Å². The van der Waals surface area contributed by atoms with Gasteiger partial charge in [0.25, 0.3) is 0 Å². The molecule has 1 aliphatic carbocycles. The molecule has 0 aromatic heterocycles. The van der Waals surface area contributed by atoms with E-state index in [2.05, 4.69) is 0 Å². The smallest absolute Gasteiger partial charge is 0.163 e. The van der Waals surface area contributed by atoms with Crippen molar-refractivity contribution in [1.82, 2.24) is 0 Å². The number of allylic oxidation sites excluding steroid dienone is 3. The van der Waals surface area contributed by atoms with Gasteiger partial charge in [0.05, 0.1) is 5.76 Å². The van der Waals surface area contributed by atoms with Crippen LogP contribution in [0.3, 0.4) is 0 Å². The van der Waals surface area contributed by atoms with Crippen LogP contribution in [0.15, 0.2) is 41.2 Å². The van der Waals surface area contributed by atoms with Crippen LogP contribution in [0.5, 0.6) is 5.75 Å². The minimum absolute atomic E-state index is 0.195. The SMILES string of the molecule is CC1=C(C(O)(I)c2ccc(O)cc2C)CCC(O)=C1. The summed E-state index contributed by atoms with van der Waals surface area (Å²) in [7, 11) is 0. The summed E-state index contributed by atoms with van der Waals surface area (Å²) in [6.07, 6.45) is 2.89. The summed E-state index contributed by atoms with van der Waals surface area (Å²) < 4.78 is -1.11. The Morgan fingerprint density at radius 3 is 2.42 bits per heavy atom. The fraction of sp³-hybridized carbons (Fsp3) is 0.333. The minimum atomic E-state index is -1.11. The molecule has 0 aliphatic heterocycles. The van der Waals surface area contributed by atoms with Gasteiger partial charge in [-0.3, -0.25) is 0 Å². The van der Waals surface area contributed by atoms with Gasteiger partial charge in [0, 0.05) is 12.0 Å². The van der Waals surface area contributed by atoms with Gasteiger partial charge in [-0.25, -0.2) is 0 Å². The number of aromatic hydroxyl groups is 1. The highest BCUT2D eigenvalue weighted by Gasteiger charge is 2.34. The molecular formula is C15H17IO3. The predicted octanol–water partition coefficient (Wildman–Crippen LogP) is 3.83. The zero-order valence-electron chi connectivity index (χ0n) is 10.9. The molecule has 0 fully saturated rings. The Morgan fingerprint density at radius 1 is 1.16 bits per heavy atom. The minimum Gasteiger partial charge on any atom is -0.512 e. The molecule has 0 saturated heterocycles. The Bertz CT molecular complexity index is 571. The Morgan fingerprint density at radius 2 is 1.84 bits per heavy atom. The highest BCUT2D eigenvalue weighted by atomic mass is 127. The summed E-state index contributed by atoms with van der Waals surface area (Å²) >= 11 is 2.03. The molecule has 0 spiro atoms. The highest BCUT2D eigenvalue weighted by Crippen LogP contribution is 2.44. The van der Waals surface area contributed by atoms with Crippen molar-refractivity contribution in [2.24, 2.45) is 0 Å². The van der Waals surface area contributed by atoms with Gasteiger partial charge in [0.1, 0.15) is 5.75 Å². The number of halogens is 1. The van der Waals surface area contributed by atoms with Gasteiger partial charge in [0.15, 0.2) is 3.61 Å². The maximum atomic E-state index is 10.9. The fourth-order valence-corrected chi connectivity index (χ4v) is 3.77. The van der Waals surface area contributed by atoms with Crippen LogP contribution in [0.2, 0.25) is 0 Å². The van der Waals surface area contributed by atoms with E-state index in [1.165, 1.54) is 0 Å². The molecule has 3 N–H and O–H groups in total. The summed E-state index contributed by atoms with van der Waals surface area (Å²) in [5.74, 6) is 0.552. The molecule has 0 amide bonds. The van der Waals surface area contributed by atoms with E-state index in [0.717, 1.165) is 22.3 Å². The van der Waals surface area contributed by atoms with Crippen molar-refractivity contribution in [2.75, 3.05) is 0 Å². The lowest BCUT2D eigenvalue weighted by molar-refractivity contribution is 0.187. The Hall–Kier alpha value is -1.01. The molecule has 0 saturated carbocycles. The Balaban J connectivity index is 2.51. The molecule has 1 aliphatic rings. The van der Waals surface area contributed by atoms with E-state index in [1.54, 1.807) is 24.3 Å². The molecule has 1 atom stereocenters. The second kappa shape index (κ2) is 5.17. The lowest BCUT2D eigenvalue weighted by atomic mass is 9.88. The number of aliphatic hydroxyl groups excluding tert-OH is 1. The number of phenols is 1. The van der Waals surface area contributed by atoms with Crippen LogP contribution >= 0.6 is 22.6 Å². The first-order valence-corrected chi connectivity index (χ1v) is 7.21. The number of phenolic OH excluding ortho intramolecular Hbond substituents is 1. The van der Waals surface area contributed by atoms with Gasteiger partial charge in [-0.2, -0.15) is 0 Å². The lowest BCUT2D eigenvalue weighted by Crippen LogP contribution is -2.24. The van der Waals surface area contributed by atoms with E-state index < -0.39 is 3.61 Å². The van der Waals surface area contributed by atoms with Crippen molar-refractivity contribution in [3.05, 3.63) is 52.3 Å². The van der Waals surface area contributed by atoms with Crippen molar-refractivity contribution in [1.29, 1.82) is 0 Å². The Kier molecular flexibility index (Phi) is 3.92. The molecule has 1 aromatic carbocycles. The van der Waals surface area contributed by atoms with Crippen molar-refractivity contribution in [3.63, 3.8) is 0 Å². The summed E-state index contributed by atoms with van der Waals surface area (Å²) in [4.78, 5) is 0. The van der Waals surface area contributed by atoms with E-state index in [1.807, 2.05) is 36.4 Å². The number of hydrogen-bond acceptors (Lipinski definition) is 3. The number of benzene rings is 1. The molecule has 1 aromatic rings. The quantitative estimate of drug-likeness (QED) is 0.546. The zero-order valence-corrected chi connectivity index (χ0v) is 13.1. The van der Waals surface area contributed by atoms with E-state index >= 15 is 0 Å². The predicted molar refractivity (Wildman–Crippen MR) is 83.4 cm³/mol. The first-order valence-electron chi connectivity index (χ1n) is 6.13. The van der Waals surface area contributed by atoms with E-state index in [4.69, 9.17) is 0 Å². The third kappa shape index (κ3) is 2.79. The second-order valence-electron chi connectivity index (χ2n) is 4.92. The summed E-state index contributed by atoms with van der Waals surface area (Å²) in [6.45, 7) is 3.76. The molecular weight excluding hydrogens is 355 g/mol. The first-order chi connectivity index (χ1) is 8.82. The van der Waals surface area contributed by atoms with Gasteiger partial charge >= 0.3 is 0 Å². The van der Waals surface area contributed by atoms with Crippen molar-refractivity contribution < 1.29 is 15.3 Å². The Labute approximate surface area is 126 Å². The molecule has 4 heteroatoms. The van der Waals surface area contributed by atoms with Crippen LogP contribution in [-0.4, -0.2) is 15.3 Å². The number of aryl methyl sites for hydroxylation is 1. The van der Waals surface area contributed by atoms with Gasteiger partial charge < -0.3 is 15.3 Å². The number of hydrogen-bond donors (Lipinski definition) is 3. The maximum Gasteiger partial charge on any atom is 0.163 e. The topological polar surface area (TPSA) is 60.7 Å². The van der Waals surface area contributed by atoms with Crippen molar-refractivity contribution in [2.45, 2.75) is 30.3 Å². The van der Waals surface area contributed by atoms with Crippen molar-refractivity contribution in [3.8, 4) is 5.75 Å². The number of alkyl halides is 1. The second-order valence-corrected chi connectivity index (χ2v) is 6.48. The van der Waals surface area contributed by atoms with Gasteiger partial charge in [-0.1, -0.05) is 6.07 Å². The fourth-order valence-electron chi connectivity index (χ4n) is 2.47. The van der Waals surface area contributed by atoms with E-state index in [9.17, 15) is 15.3 Å². The molecule has 2 rings (SSSR count). The monoisotopic (exact) mass is 372 g/mol. The standard InChI is InChI=1S/C15H17IO3/c1-9-7-11(17)3-5-13(9)15(16,19)14-6-4-12(18)8-10(14)2/h3,5,7-8,17-19H,4,6H2,1-2H3. The maximum absolute atomic E-state index is 10.9. The molecule has 102 valence electrons. The number of rotatable bonds is 2. The molecule has 1 unspecified atom stereocenters. The summed E-state index contributed by atoms with van der Waals surface area (Å²) in [5, 5.41) is 29.9. The zero-order chi connectivity index (χ0) is 14.2. The average molecular weight is 372 g/mol. The van der Waals surface area contributed by atoms with Gasteiger partial charge in [-0.05, 0) is 77.8 Å². The van der Waals surface area contributed by atoms with Gasteiger partial charge in [0.2, 0.25) is 0 Å². The lowest BCUT2D eigenvalue weighted by Gasteiger charge is -2.30.